The van der Waals surface area contributed by atoms with Crippen molar-refractivity contribution < 1.29 is 37.7 Å². The standard InChI is InChI=1S/C18H21F3N2O5/c1-8(24)22-6-10-7-23(18(27)28-10)12-5-11(19)15(17(21)16(12)20)9-2-3-13(25)14(26)4-9/h5,9-10,13-14,25-26H,2-4,6-7H2,1H3,(H,22,24)/t9-,10-,13+,14-/m0/s1. The van der Waals surface area contributed by atoms with E-state index in [1.807, 2.05) is 0 Å². The fraction of sp³-hybridized carbons (Fsp3) is 0.556. The molecule has 2 fully saturated rings. The quantitative estimate of drug-likeness (QED) is 0.664. The summed E-state index contributed by atoms with van der Waals surface area (Å²) in [5, 5.41) is 21.8. The first-order chi connectivity index (χ1) is 13.2. The molecule has 7 nitrogen and oxygen atoms in total. The van der Waals surface area contributed by atoms with Gasteiger partial charge in [0, 0.05) is 18.6 Å². The molecule has 28 heavy (non-hydrogen) atoms. The molecule has 1 heterocycles. The lowest BCUT2D eigenvalue weighted by atomic mass is 9.80. The Morgan fingerprint density at radius 2 is 1.96 bits per heavy atom. The molecule has 1 saturated carbocycles. The lowest BCUT2D eigenvalue weighted by Gasteiger charge is -2.31. The van der Waals surface area contributed by atoms with Gasteiger partial charge in [-0.25, -0.2) is 18.0 Å². The number of benzene rings is 1. The van der Waals surface area contributed by atoms with Crippen molar-refractivity contribution in [1.29, 1.82) is 0 Å². The summed E-state index contributed by atoms with van der Waals surface area (Å²) in [6.07, 6.45) is -3.66. The summed E-state index contributed by atoms with van der Waals surface area (Å²) >= 11 is 0. The van der Waals surface area contributed by atoms with E-state index in [9.17, 15) is 33.0 Å². The summed E-state index contributed by atoms with van der Waals surface area (Å²) < 4.78 is 49.0. The van der Waals surface area contributed by atoms with Gasteiger partial charge in [0.25, 0.3) is 0 Å². The first-order valence-corrected chi connectivity index (χ1v) is 8.95. The van der Waals surface area contributed by atoms with E-state index in [1.54, 1.807) is 0 Å². The molecule has 1 aromatic rings. The number of aliphatic hydroxyl groups is 2. The molecular formula is C18H21F3N2O5. The first kappa shape index (κ1) is 20.4. The van der Waals surface area contributed by atoms with E-state index in [4.69, 9.17) is 4.74 Å². The zero-order valence-corrected chi connectivity index (χ0v) is 15.1. The third-order valence-electron chi connectivity index (χ3n) is 5.11. The number of ether oxygens (including phenoxy) is 1. The number of cyclic esters (lactones) is 1. The van der Waals surface area contributed by atoms with Gasteiger partial charge in [-0.15, -0.1) is 0 Å². The predicted octanol–water partition coefficient (Wildman–Crippen LogP) is 1.55. The monoisotopic (exact) mass is 402 g/mol. The molecule has 1 saturated heterocycles. The van der Waals surface area contributed by atoms with E-state index < -0.39 is 59.0 Å². The van der Waals surface area contributed by atoms with Gasteiger partial charge in [0.2, 0.25) is 5.91 Å². The van der Waals surface area contributed by atoms with Crippen molar-refractivity contribution in [1.82, 2.24) is 5.32 Å². The summed E-state index contributed by atoms with van der Waals surface area (Å²) in [7, 11) is 0. The molecule has 0 aromatic heterocycles. The fourth-order valence-corrected chi connectivity index (χ4v) is 3.64. The predicted molar refractivity (Wildman–Crippen MR) is 91.2 cm³/mol. The molecule has 0 spiro atoms. The van der Waals surface area contributed by atoms with Crippen molar-refractivity contribution in [3.8, 4) is 0 Å². The SMILES string of the molecule is CC(=O)NC[C@H]1CN(c2cc(F)c([C@H]3CC[C@@H](O)[C@@H](O)C3)c(F)c2F)C(=O)O1. The molecule has 154 valence electrons. The second kappa shape index (κ2) is 7.96. The largest absolute Gasteiger partial charge is 0.442 e. The van der Waals surface area contributed by atoms with Gasteiger partial charge in [-0.1, -0.05) is 0 Å². The number of rotatable bonds is 4. The summed E-state index contributed by atoms with van der Waals surface area (Å²) in [4.78, 5) is 23.7. The molecule has 0 radical (unpaired) electrons. The Morgan fingerprint density at radius 1 is 1.25 bits per heavy atom. The van der Waals surface area contributed by atoms with Gasteiger partial charge in [-0.2, -0.15) is 0 Å². The van der Waals surface area contributed by atoms with Crippen LogP contribution >= 0.6 is 0 Å². The molecule has 1 aliphatic heterocycles. The van der Waals surface area contributed by atoms with Crippen LogP contribution in [0.25, 0.3) is 0 Å². The van der Waals surface area contributed by atoms with Crippen molar-refractivity contribution in [2.24, 2.45) is 0 Å². The molecule has 4 atom stereocenters. The van der Waals surface area contributed by atoms with Gasteiger partial charge in [0.1, 0.15) is 11.9 Å². The summed E-state index contributed by atoms with van der Waals surface area (Å²) in [5.41, 5.74) is -1.10. The van der Waals surface area contributed by atoms with Gasteiger partial charge in [-0.05, 0) is 25.2 Å². The molecule has 2 amide bonds. The maximum absolute atomic E-state index is 14.7. The number of halogens is 3. The number of anilines is 1. The number of amides is 2. The zero-order chi connectivity index (χ0) is 20.6. The number of carbonyl (C=O) groups is 2. The Hall–Kier alpha value is -2.33. The minimum absolute atomic E-state index is 0.00940. The van der Waals surface area contributed by atoms with Gasteiger partial charge in [0.05, 0.1) is 31.0 Å². The van der Waals surface area contributed by atoms with Gasteiger partial charge in [0.15, 0.2) is 11.6 Å². The van der Waals surface area contributed by atoms with Crippen LogP contribution in [0.2, 0.25) is 0 Å². The minimum Gasteiger partial charge on any atom is -0.442 e. The molecular weight excluding hydrogens is 381 g/mol. The van der Waals surface area contributed by atoms with Crippen LogP contribution in [0.15, 0.2) is 6.07 Å². The topological polar surface area (TPSA) is 99.1 Å². The summed E-state index contributed by atoms with van der Waals surface area (Å²) in [6.45, 7) is 1.09. The van der Waals surface area contributed by atoms with E-state index in [0.29, 0.717) is 0 Å². The van der Waals surface area contributed by atoms with Crippen molar-refractivity contribution in [3.63, 3.8) is 0 Å². The summed E-state index contributed by atoms with van der Waals surface area (Å²) in [5.74, 6) is -5.00. The fourth-order valence-electron chi connectivity index (χ4n) is 3.64. The van der Waals surface area contributed by atoms with Crippen molar-refractivity contribution >= 4 is 17.7 Å². The van der Waals surface area contributed by atoms with Crippen LogP contribution < -0.4 is 10.2 Å². The van der Waals surface area contributed by atoms with E-state index >= 15 is 0 Å². The smallest absolute Gasteiger partial charge is 0.414 e. The van der Waals surface area contributed by atoms with Crippen molar-refractivity contribution in [2.75, 3.05) is 18.0 Å². The third-order valence-corrected chi connectivity index (χ3v) is 5.11. The molecule has 0 bridgehead atoms. The number of hydrogen-bond acceptors (Lipinski definition) is 5. The average molecular weight is 402 g/mol. The Morgan fingerprint density at radius 3 is 2.61 bits per heavy atom. The van der Waals surface area contributed by atoms with Crippen LogP contribution in [0.1, 0.15) is 37.7 Å². The first-order valence-electron chi connectivity index (χ1n) is 8.95. The Balaban J connectivity index is 1.84. The van der Waals surface area contributed by atoms with E-state index in [2.05, 4.69) is 5.32 Å². The van der Waals surface area contributed by atoms with Crippen LogP contribution in [0.5, 0.6) is 0 Å². The van der Waals surface area contributed by atoms with Crippen LogP contribution in [-0.4, -0.2) is 53.6 Å². The Bertz CT molecular complexity index is 791. The average Bonchev–Trinajstić information content (AvgIpc) is 3.00. The minimum atomic E-state index is -1.43. The van der Waals surface area contributed by atoms with Crippen LogP contribution in [0.3, 0.4) is 0 Å². The highest BCUT2D eigenvalue weighted by Gasteiger charge is 2.38. The summed E-state index contributed by atoms with van der Waals surface area (Å²) in [6, 6.07) is 0.729. The second-order valence-electron chi connectivity index (χ2n) is 7.12. The molecule has 1 aromatic carbocycles. The number of aliphatic hydroxyl groups excluding tert-OH is 2. The zero-order valence-electron chi connectivity index (χ0n) is 15.1. The number of nitrogens with zero attached hydrogens (tertiary/aromatic N) is 1. The van der Waals surface area contributed by atoms with E-state index in [1.165, 1.54) is 6.92 Å². The highest BCUT2D eigenvalue weighted by atomic mass is 19.2. The number of carbonyl (C=O) groups excluding carboxylic acids is 2. The number of hydrogen-bond donors (Lipinski definition) is 3. The maximum atomic E-state index is 14.7. The lowest BCUT2D eigenvalue weighted by molar-refractivity contribution is -0.119. The van der Waals surface area contributed by atoms with Crippen LogP contribution in [0.4, 0.5) is 23.7 Å². The lowest BCUT2D eigenvalue weighted by Crippen LogP contribution is -2.34. The second-order valence-corrected chi connectivity index (χ2v) is 7.12. The van der Waals surface area contributed by atoms with Crippen molar-refractivity contribution in [2.45, 2.75) is 50.4 Å². The molecule has 10 heteroatoms. The maximum Gasteiger partial charge on any atom is 0.414 e. The van der Waals surface area contributed by atoms with Crippen LogP contribution in [0, 0.1) is 17.5 Å². The Kier molecular flexibility index (Phi) is 5.80. The van der Waals surface area contributed by atoms with Gasteiger partial charge < -0.3 is 20.3 Å². The molecule has 3 N–H and O–H groups in total. The molecule has 0 unspecified atom stereocenters. The van der Waals surface area contributed by atoms with Gasteiger partial charge in [-0.3, -0.25) is 9.69 Å². The van der Waals surface area contributed by atoms with Gasteiger partial charge >= 0.3 is 6.09 Å². The molecule has 3 rings (SSSR count). The normalized spacial score (nSPS) is 27.6. The van der Waals surface area contributed by atoms with Crippen LogP contribution in [-0.2, 0) is 9.53 Å². The molecule has 1 aliphatic carbocycles. The third kappa shape index (κ3) is 3.93. The number of nitrogens with one attached hydrogen (secondary N) is 1. The highest BCUT2D eigenvalue weighted by molar-refractivity contribution is 5.90. The van der Waals surface area contributed by atoms with E-state index in [0.717, 1.165) is 11.0 Å². The molecule has 2 aliphatic rings. The van der Waals surface area contributed by atoms with E-state index in [-0.39, 0.29) is 38.3 Å². The van der Waals surface area contributed by atoms with Crippen molar-refractivity contribution in [3.05, 3.63) is 29.1 Å². The highest BCUT2D eigenvalue weighted by Crippen LogP contribution is 2.39. The Labute approximate surface area is 159 Å².